The number of amides is 3. The molecule has 0 aliphatic carbocycles. The average molecular weight is 651 g/mol. The first-order chi connectivity index (χ1) is 21.2. The van der Waals surface area contributed by atoms with E-state index >= 15 is 0 Å². The van der Waals surface area contributed by atoms with Crippen LogP contribution in [-0.2, 0) is 9.59 Å². The molecule has 8 nitrogen and oxygen atoms in total. The number of ether oxygens (including phenoxy) is 2. The molecule has 0 spiro atoms. The predicted octanol–water partition coefficient (Wildman–Crippen LogP) is 7.54. The first-order valence-corrected chi connectivity index (χ1v) is 14.9. The average Bonchev–Trinajstić information content (AvgIpc) is 3.03. The van der Waals surface area contributed by atoms with Gasteiger partial charge in [-0.2, -0.15) is 0 Å². The van der Waals surface area contributed by atoms with Gasteiger partial charge in [-0.1, -0.05) is 41.4 Å². The zero-order chi connectivity index (χ0) is 31.6. The van der Waals surface area contributed by atoms with Gasteiger partial charge in [-0.3, -0.25) is 14.4 Å². The van der Waals surface area contributed by atoms with E-state index < -0.39 is 17.1 Å². The van der Waals surface area contributed by atoms with Crippen molar-refractivity contribution in [2.45, 2.75) is 17.1 Å². The van der Waals surface area contributed by atoms with Crippen LogP contribution in [0.3, 0.4) is 0 Å². The van der Waals surface area contributed by atoms with E-state index in [2.05, 4.69) is 16.0 Å². The van der Waals surface area contributed by atoms with Crippen LogP contribution in [0.25, 0.3) is 6.08 Å². The summed E-state index contributed by atoms with van der Waals surface area (Å²) in [5.74, 6) is -0.175. The molecule has 0 saturated heterocycles. The van der Waals surface area contributed by atoms with E-state index in [4.69, 9.17) is 32.7 Å². The predicted molar refractivity (Wildman–Crippen MR) is 177 cm³/mol. The summed E-state index contributed by atoms with van der Waals surface area (Å²) in [6.07, 6.45) is 1.53. The maximum Gasteiger partial charge on any atom is 0.272 e. The van der Waals surface area contributed by atoms with Crippen LogP contribution in [0.4, 0.5) is 11.4 Å². The van der Waals surface area contributed by atoms with Gasteiger partial charge in [-0.05, 0) is 79.7 Å². The second-order valence-corrected chi connectivity index (χ2v) is 11.6. The first-order valence-electron chi connectivity index (χ1n) is 13.3. The van der Waals surface area contributed by atoms with E-state index in [0.717, 1.165) is 4.90 Å². The largest absolute Gasteiger partial charge is 0.497 e. The van der Waals surface area contributed by atoms with Gasteiger partial charge in [0.1, 0.15) is 17.2 Å². The van der Waals surface area contributed by atoms with E-state index in [-0.39, 0.29) is 11.6 Å². The van der Waals surface area contributed by atoms with Crippen LogP contribution in [0, 0.1) is 0 Å². The summed E-state index contributed by atoms with van der Waals surface area (Å²) in [6, 6.07) is 25.6. The topological polar surface area (TPSA) is 106 Å². The van der Waals surface area contributed by atoms with Gasteiger partial charge >= 0.3 is 0 Å². The van der Waals surface area contributed by atoms with Gasteiger partial charge < -0.3 is 25.4 Å². The van der Waals surface area contributed by atoms with Crippen LogP contribution in [0.2, 0.25) is 10.0 Å². The smallest absolute Gasteiger partial charge is 0.272 e. The minimum atomic E-state index is -0.542. The number of carbonyl (C=O) groups is 3. The first kappa shape index (κ1) is 32.5. The number of hydrogen-bond acceptors (Lipinski definition) is 6. The molecule has 4 rings (SSSR count). The molecule has 0 saturated carbocycles. The van der Waals surface area contributed by atoms with Crippen molar-refractivity contribution in [3.05, 3.63) is 118 Å². The van der Waals surface area contributed by atoms with Crippen molar-refractivity contribution in [3.63, 3.8) is 0 Å². The van der Waals surface area contributed by atoms with Gasteiger partial charge in [-0.15, -0.1) is 11.8 Å². The highest BCUT2D eigenvalue weighted by Crippen LogP contribution is 2.30. The van der Waals surface area contributed by atoms with Crippen molar-refractivity contribution in [2.24, 2.45) is 0 Å². The highest BCUT2D eigenvalue weighted by atomic mass is 35.5. The third-order valence-corrected chi connectivity index (χ3v) is 7.91. The highest BCUT2D eigenvalue weighted by Gasteiger charge is 2.18. The molecule has 0 aromatic heterocycles. The van der Waals surface area contributed by atoms with Crippen molar-refractivity contribution >= 4 is 70.1 Å². The molecule has 1 unspecified atom stereocenters. The zero-order valence-electron chi connectivity index (χ0n) is 24.0. The maximum atomic E-state index is 13.4. The summed E-state index contributed by atoms with van der Waals surface area (Å²) in [7, 11) is 3.05. The van der Waals surface area contributed by atoms with Crippen molar-refractivity contribution in [1.82, 2.24) is 5.32 Å². The van der Waals surface area contributed by atoms with Crippen LogP contribution in [0.5, 0.6) is 11.5 Å². The molecule has 4 aromatic carbocycles. The fraction of sp³-hybridized carbons (Fsp3) is 0.121. The summed E-state index contributed by atoms with van der Waals surface area (Å²) in [4.78, 5) is 40.0. The van der Waals surface area contributed by atoms with Crippen molar-refractivity contribution in [2.75, 3.05) is 24.9 Å². The molecule has 0 aliphatic rings. The standard InChI is InChI=1S/C33H29Cl2N3O5S/c1-20(31(39)37-28-16-10-23(34)18-27(28)35)44-26-14-11-24(12-15-26)36-33(41)29(38-32(40)21-7-5-4-6-8-21)17-22-9-13-25(42-2)19-30(22)43-3/h4-20H,1-3H3,(H,36,41)(H,37,39)(H,38,40)/b29-17-. The zero-order valence-corrected chi connectivity index (χ0v) is 26.3. The molecule has 3 amide bonds. The minimum Gasteiger partial charge on any atom is -0.497 e. The summed E-state index contributed by atoms with van der Waals surface area (Å²) in [5, 5.41) is 8.73. The molecule has 44 heavy (non-hydrogen) atoms. The van der Waals surface area contributed by atoms with Gasteiger partial charge in [0.2, 0.25) is 5.91 Å². The molecule has 0 fully saturated rings. The van der Waals surface area contributed by atoms with Gasteiger partial charge in [0, 0.05) is 32.8 Å². The van der Waals surface area contributed by atoms with Gasteiger partial charge in [0.05, 0.1) is 30.2 Å². The summed E-state index contributed by atoms with van der Waals surface area (Å²) >= 11 is 13.4. The van der Waals surface area contributed by atoms with E-state index in [1.807, 2.05) is 0 Å². The maximum absolute atomic E-state index is 13.4. The second kappa shape index (κ2) is 15.3. The number of thioether (sulfide) groups is 1. The highest BCUT2D eigenvalue weighted by molar-refractivity contribution is 8.00. The van der Waals surface area contributed by atoms with Crippen LogP contribution >= 0.6 is 35.0 Å². The van der Waals surface area contributed by atoms with E-state index in [0.29, 0.717) is 44.0 Å². The second-order valence-electron chi connectivity index (χ2n) is 9.34. The SMILES string of the molecule is COc1ccc(/C=C(\NC(=O)c2ccccc2)C(=O)Nc2ccc(SC(C)C(=O)Nc3ccc(Cl)cc3Cl)cc2)c(OC)c1. The fourth-order valence-corrected chi connectivity index (χ4v) is 5.26. The number of methoxy groups -OCH3 is 2. The lowest BCUT2D eigenvalue weighted by atomic mass is 10.1. The molecule has 0 aliphatic heterocycles. The monoisotopic (exact) mass is 649 g/mol. The van der Waals surface area contributed by atoms with E-state index in [1.54, 1.807) is 105 Å². The van der Waals surface area contributed by atoms with Gasteiger partial charge in [0.25, 0.3) is 11.8 Å². The quantitative estimate of drug-likeness (QED) is 0.114. The van der Waals surface area contributed by atoms with E-state index in [1.165, 1.54) is 24.9 Å². The Balaban J connectivity index is 1.48. The number of halogens is 2. The Bertz CT molecular complexity index is 1680. The normalized spacial score (nSPS) is 11.7. The molecule has 3 N–H and O–H groups in total. The molecule has 0 heterocycles. The van der Waals surface area contributed by atoms with Crippen molar-refractivity contribution in [3.8, 4) is 11.5 Å². The molecule has 1 atom stereocenters. The molecular formula is C33H29Cl2N3O5S. The van der Waals surface area contributed by atoms with Crippen molar-refractivity contribution < 1.29 is 23.9 Å². The third kappa shape index (κ3) is 8.79. The number of carbonyl (C=O) groups excluding carboxylic acids is 3. The number of rotatable bonds is 11. The minimum absolute atomic E-state index is 0.00641. The van der Waals surface area contributed by atoms with Gasteiger partial charge in [0.15, 0.2) is 0 Å². The summed E-state index contributed by atoms with van der Waals surface area (Å²) < 4.78 is 10.7. The Hall–Kier alpha value is -4.44. The van der Waals surface area contributed by atoms with Crippen molar-refractivity contribution in [1.29, 1.82) is 0 Å². The van der Waals surface area contributed by atoms with Crippen LogP contribution in [0.1, 0.15) is 22.8 Å². The Labute approximate surface area is 269 Å². The molecule has 4 aromatic rings. The molecular weight excluding hydrogens is 621 g/mol. The third-order valence-electron chi connectivity index (χ3n) is 6.25. The number of hydrogen-bond donors (Lipinski definition) is 3. The van der Waals surface area contributed by atoms with Crippen LogP contribution < -0.4 is 25.4 Å². The lowest BCUT2D eigenvalue weighted by Gasteiger charge is -2.14. The van der Waals surface area contributed by atoms with Gasteiger partial charge in [-0.25, -0.2) is 0 Å². The fourth-order valence-electron chi connectivity index (χ4n) is 3.93. The Morgan fingerprint density at radius 3 is 2.23 bits per heavy atom. The molecule has 0 radical (unpaired) electrons. The number of anilines is 2. The molecule has 0 bridgehead atoms. The lowest BCUT2D eigenvalue weighted by Crippen LogP contribution is -2.30. The summed E-state index contributed by atoms with van der Waals surface area (Å²) in [6.45, 7) is 1.78. The lowest BCUT2D eigenvalue weighted by molar-refractivity contribution is -0.115. The van der Waals surface area contributed by atoms with Crippen LogP contribution in [-0.4, -0.2) is 37.2 Å². The number of benzene rings is 4. The Kier molecular flexibility index (Phi) is 11.3. The molecule has 226 valence electrons. The Morgan fingerprint density at radius 1 is 0.841 bits per heavy atom. The molecule has 11 heteroatoms. The van der Waals surface area contributed by atoms with Crippen LogP contribution in [0.15, 0.2) is 102 Å². The Morgan fingerprint density at radius 2 is 1.57 bits per heavy atom. The summed E-state index contributed by atoms with van der Waals surface area (Å²) in [5.41, 5.74) is 1.93. The number of nitrogens with one attached hydrogen (secondary N) is 3. The van der Waals surface area contributed by atoms with E-state index in [9.17, 15) is 14.4 Å².